The van der Waals surface area contributed by atoms with Gasteiger partial charge in [-0.05, 0) is 42.0 Å². The molecule has 0 spiro atoms. The predicted molar refractivity (Wildman–Crippen MR) is 102 cm³/mol. The van der Waals surface area contributed by atoms with E-state index < -0.39 is 38.2 Å². The highest BCUT2D eigenvalue weighted by molar-refractivity contribution is 7.90. The van der Waals surface area contributed by atoms with Crippen molar-refractivity contribution in [2.24, 2.45) is 0 Å². The van der Waals surface area contributed by atoms with E-state index in [1.165, 1.54) is 31.4 Å². The van der Waals surface area contributed by atoms with Crippen LogP contribution in [0, 0.1) is 5.82 Å². The number of hydrogen-bond donors (Lipinski definition) is 0. The van der Waals surface area contributed by atoms with E-state index in [2.05, 4.69) is 9.97 Å². The molecule has 1 aromatic heterocycles. The maximum atomic E-state index is 13.0. The topological polar surface area (TPSA) is 95.5 Å². The highest BCUT2D eigenvalue weighted by Crippen LogP contribution is 2.21. The standard InChI is InChI=1S/C19H14ClFN2O5S/c1-27-14-6-8-15(9-7-14)28-18(24)17-16(20)10-22-19(23-17)29(25,26)11-12-2-4-13(21)5-3-12/h2-10H,11H2,1H3. The number of nitrogens with zero attached hydrogens (tertiary/aromatic N) is 2. The Hall–Kier alpha value is -3.04. The van der Waals surface area contributed by atoms with Crippen molar-refractivity contribution in [3.8, 4) is 11.5 Å². The van der Waals surface area contributed by atoms with Gasteiger partial charge in [0.25, 0.3) is 0 Å². The number of methoxy groups -OCH3 is 1. The molecule has 0 aliphatic carbocycles. The van der Waals surface area contributed by atoms with Crippen molar-refractivity contribution in [2.45, 2.75) is 10.9 Å². The first-order valence-corrected chi connectivity index (χ1v) is 10.2. The van der Waals surface area contributed by atoms with Crippen LogP contribution in [-0.2, 0) is 15.6 Å². The van der Waals surface area contributed by atoms with Crippen LogP contribution in [0.4, 0.5) is 4.39 Å². The van der Waals surface area contributed by atoms with Crippen molar-refractivity contribution in [1.29, 1.82) is 0 Å². The van der Waals surface area contributed by atoms with Gasteiger partial charge in [-0.2, -0.15) is 0 Å². The second-order valence-corrected chi connectivity index (χ2v) is 8.09. The molecule has 3 rings (SSSR count). The third kappa shape index (κ3) is 5.07. The van der Waals surface area contributed by atoms with E-state index >= 15 is 0 Å². The van der Waals surface area contributed by atoms with Crippen molar-refractivity contribution in [3.05, 3.63) is 76.8 Å². The highest BCUT2D eigenvalue weighted by Gasteiger charge is 2.24. The summed E-state index contributed by atoms with van der Waals surface area (Å²) in [5.74, 6) is -1.14. The normalized spacial score (nSPS) is 11.1. The Kier molecular flexibility index (Phi) is 6.09. The van der Waals surface area contributed by atoms with Gasteiger partial charge in [0.15, 0.2) is 5.69 Å². The molecule has 3 aromatic rings. The van der Waals surface area contributed by atoms with Gasteiger partial charge in [-0.3, -0.25) is 0 Å². The number of sulfone groups is 1. The highest BCUT2D eigenvalue weighted by atomic mass is 35.5. The van der Waals surface area contributed by atoms with E-state index in [1.807, 2.05) is 0 Å². The summed E-state index contributed by atoms with van der Waals surface area (Å²) < 4.78 is 48.3. The summed E-state index contributed by atoms with van der Waals surface area (Å²) in [7, 11) is -2.51. The second-order valence-electron chi connectivity index (χ2n) is 5.80. The summed E-state index contributed by atoms with van der Waals surface area (Å²) in [6.45, 7) is 0. The van der Waals surface area contributed by atoms with E-state index in [1.54, 1.807) is 12.1 Å². The molecule has 0 atom stereocenters. The summed E-state index contributed by atoms with van der Waals surface area (Å²) in [6.07, 6.45) is 1.01. The largest absolute Gasteiger partial charge is 0.497 e. The number of rotatable bonds is 6. The van der Waals surface area contributed by atoms with Crippen LogP contribution in [0.5, 0.6) is 11.5 Å². The van der Waals surface area contributed by atoms with E-state index in [-0.39, 0.29) is 10.8 Å². The number of hydrogen-bond acceptors (Lipinski definition) is 7. The zero-order chi connectivity index (χ0) is 21.0. The molecule has 150 valence electrons. The molecule has 0 fully saturated rings. The van der Waals surface area contributed by atoms with Crippen molar-refractivity contribution < 1.29 is 27.1 Å². The van der Waals surface area contributed by atoms with Crippen molar-refractivity contribution in [3.63, 3.8) is 0 Å². The Bertz CT molecular complexity index is 1140. The van der Waals surface area contributed by atoms with Gasteiger partial charge in [0.1, 0.15) is 17.3 Å². The Balaban J connectivity index is 1.84. The molecule has 1 heterocycles. The monoisotopic (exact) mass is 436 g/mol. The van der Waals surface area contributed by atoms with Gasteiger partial charge in [0.05, 0.1) is 24.1 Å². The molecule has 29 heavy (non-hydrogen) atoms. The van der Waals surface area contributed by atoms with Gasteiger partial charge >= 0.3 is 5.97 Å². The molecule has 0 aliphatic rings. The van der Waals surface area contributed by atoms with Gasteiger partial charge in [-0.15, -0.1) is 0 Å². The SMILES string of the molecule is COc1ccc(OC(=O)c2nc(S(=O)(=O)Cc3ccc(F)cc3)ncc2Cl)cc1. The fourth-order valence-electron chi connectivity index (χ4n) is 2.31. The molecular weight excluding hydrogens is 423 g/mol. The number of carbonyl (C=O) groups excluding carboxylic acids is 1. The van der Waals surface area contributed by atoms with Crippen molar-refractivity contribution in [1.82, 2.24) is 9.97 Å². The molecular formula is C19H14ClFN2O5S. The maximum absolute atomic E-state index is 13.0. The van der Waals surface area contributed by atoms with Gasteiger partial charge < -0.3 is 9.47 Å². The first-order chi connectivity index (χ1) is 13.8. The van der Waals surface area contributed by atoms with Gasteiger partial charge in [-0.1, -0.05) is 23.7 Å². The van der Waals surface area contributed by atoms with Gasteiger partial charge in [-0.25, -0.2) is 27.6 Å². The average Bonchev–Trinajstić information content (AvgIpc) is 2.70. The lowest BCUT2D eigenvalue weighted by Gasteiger charge is -2.08. The molecule has 0 radical (unpaired) electrons. The number of benzene rings is 2. The van der Waals surface area contributed by atoms with E-state index in [9.17, 15) is 17.6 Å². The van der Waals surface area contributed by atoms with E-state index in [0.717, 1.165) is 18.3 Å². The predicted octanol–water partition coefficient (Wildman–Crippen LogP) is 3.47. The van der Waals surface area contributed by atoms with Crippen LogP contribution in [-0.4, -0.2) is 31.5 Å². The molecule has 2 aromatic carbocycles. The summed E-state index contributed by atoms with van der Waals surface area (Å²) in [5, 5.41) is -0.753. The zero-order valence-corrected chi connectivity index (χ0v) is 16.6. The fraction of sp³-hybridized carbons (Fsp3) is 0.105. The minimum Gasteiger partial charge on any atom is -0.497 e. The molecule has 0 N–H and O–H groups in total. The number of halogens is 2. The molecule has 7 nitrogen and oxygen atoms in total. The third-order valence-corrected chi connectivity index (χ3v) is 5.48. The number of esters is 1. The van der Waals surface area contributed by atoms with Crippen LogP contribution in [0.15, 0.2) is 59.9 Å². The molecule has 0 unspecified atom stereocenters. The number of aromatic nitrogens is 2. The maximum Gasteiger partial charge on any atom is 0.364 e. The van der Waals surface area contributed by atoms with Crippen LogP contribution >= 0.6 is 11.6 Å². The van der Waals surface area contributed by atoms with E-state index in [4.69, 9.17) is 21.1 Å². The van der Waals surface area contributed by atoms with E-state index in [0.29, 0.717) is 11.3 Å². The van der Waals surface area contributed by atoms with Crippen LogP contribution in [0.2, 0.25) is 5.02 Å². The zero-order valence-electron chi connectivity index (χ0n) is 15.0. The summed E-state index contributed by atoms with van der Waals surface area (Å²) >= 11 is 5.95. The summed E-state index contributed by atoms with van der Waals surface area (Å²) in [4.78, 5) is 19.9. The van der Waals surface area contributed by atoms with Crippen LogP contribution in [0.25, 0.3) is 0 Å². The fourth-order valence-corrected chi connectivity index (χ4v) is 3.68. The molecule has 0 saturated heterocycles. The van der Waals surface area contributed by atoms with Crippen LogP contribution in [0.1, 0.15) is 16.1 Å². The second kappa shape index (κ2) is 8.54. The molecule has 0 aliphatic heterocycles. The summed E-state index contributed by atoms with van der Waals surface area (Å²) in [6, 6.07) is 11.1. The average molecular weight is 437 g/mol. The third-order valence-electron chi connectivity index (χ3n) is 3.73. The smallest absolute Gasteiger partial charge is 0.364 e. The van der Waals surface area contributed by atoms with Crippen molar-refractivity contribution >= 4 is 27.4 Å². The molecule has 0 saturated carbocycles. The van der Waals surface area contributed by atoms with Crippen molar-refractivity contribution in [2.75, 3.05) is 7.11 Å². The summed E-state index contributed by atoms with van der Waals surface area (Å²) in [5.41, 5.74) is -0.0533. The first kappa shape index (κ1) is 20.7. The number of ether oxygens (including phenoxy) is 2. The minimum atomic E-state index is -4.01. The lowest BCUT2D eigenvalue weighted by atomic mass is 10.2. The lowest BCUT2D eigenvalue weighted by Crippen LogP contribution is -2.16. The Morgan fingerprint density at radius 1 is 1.07 bits per heavy atom. The van der Waals surface area contributed by atoms with Crippen LogP contribution < -0.4 is 9.47 Å². The van der Waals surface area contributed by atoms with Crippen LogP contribution in [0.3, 0.4) is 0 Å². The Morgan fingerprint density at radius 2 is 1.69 bits per heavy atom. The molecule has 0 bridgehead atoms. The Morgan fingerprint density at radius 3 is 2.31 bits per heavy atom. The number of carbonyl (C=O) groups is 1. The Labute approximate surface area is 171 Å². The minimum absolute atomic E-state index is 0.163. The quantitative estimate of drug-likeness (QED) is 0.331. The van der Waals surface area contributed by atoms with Gasteiger partial charge in [0, 0.05) is 0 Å². The lowest BCUT2D eigenvalue weighted by molar-refractivity contribution is 0.0727. The molecule has 0 amide bonds. The van der Waals surface area contributed by atoms with Gasteiger partial charge in [0.2, 0.25) is 15.0 Å². The first-order valence-electron chi connectivity index (χ1n) is 8.14. The molecule has 10 heteroatoms.